The number of rotatable bonds is 3. The van der Waals surface area contributed by atoms with Crippen LogP contribution in [0.4, 0.5) is 0 Å². The molecule has 0 saturated carbocycles. The lowest BCUT2D eigenvalue weighted by Crippen LogP contribution is -1.94. The van der Waals surface area contributed by atoms with Gasteiger partial charge in [-0.2, -0.15) is 4.98 Å². The summed E-state index contributed by atoms with van der Waals surface area (Å²) in [5.74, 6) is 2.78. The molecule has 0 N–H and O–H groups in total. The first-order valence-corrected chi connectivity index (χ1v) is 7.46. The average Bonchev–Trinajstić information content (AvgIpc) is 2.74. The van der Waals surface area contributed by atoms with Gasteiger partial charge in [-0.05, 0) is 38.5 Å². The summed E-state index contributed by atoms with van der Waals surface area (Å²) in [4.78, 5) is 11.2. The summed E-state index contributed by atoms with van der Waals surface area (Å²) in [6.45, 7) is 6.04. The number of aromatic nitrogens is 2. The molecule has 3 rings (SSSR count). The van der Waals surface area contributed by atoms with Crippen molar-refractivity contribution in [3.8, 4) is 17.4 Å². The highest BCUT2D eigenvalue weighted by Gasteiger charge is 2.15. The second-order valence-electron chi connectivity index (χ2n) is 4.82. The zero-order valence-electron chi connectivity index (χ0n) is 12.4. The van der Waals surface area contributed by atoms with E-state index in [0.717, 1.165) is 16.0 Å². The molecule has 0 radical (unpaired) electrons. The summed E-state index contributed by atoms with van der Waals surface area (Å²) < 4.78 is 11.2. The van der Waals surface area contributed by atoms with Crippen LogP contribution in [0.25, 0.3) is 10.2 Å². The fraction of sp³-hybridized carbons (Fsp3) is 0.250. The van der Waals surface area contributed by atoms with Gasteiger partial charge in [0.25, 0.3) is 0 Å². The fourth-order valence-electron chi connectivity index (χ4n) is 2.16. The van der Waals surface area contributed by atoms with E-state index in [9.17, 15) is 0 Å². The molecule has 2 heterocycles. The first kappa shape index (κ1) is 13.8. The molecule has 0 aliphatic carbocycles. The van der Waals surface area contributed by atoms with Crippen molar-refractivity contribution in [1.29, 1.82) is 0 Å². The topological polar surface area (TPSA) is 44.2 Å². The Morgan fingerprint density at radius 3 is 2.57 bits per heavy atom. The van der Waals surface area contributed by atoms with Crippen molar-refractivity contribution in [2.45, 2.75) is 20.8 Å². The molecule has 0 bridgehead atoms. The highest BCUT2D eigenvalue weighted by Crippen LogP contribution is 2.36. The third-order valence-corrected chi connectivity index (χ3v) is 4.46. The van der Waals surface area contributed by atoms with Gasteiger partial charge in [-0.1, -0.05) is 6.07 Å². The number of ether oxygens (including phenoxy) is 2. The third-order valence-electron chi connectivity index (χ3n) is 3.36. The van der Waals surface area contributed by atoms with Crippen molar-refractivity contribution in [1.82, 2.24) is 9.97 Å². The average molecular weight is 300 g/mol. The van der Waals surface area contributed by atoms with Crippen molar-refractivity contribution in [2.24, 2.45) is 0 Å². The van der Waals surface area contributed by atoms with Crippen LogP contribution in [0.2, 0.25) is 0 Å². The molecule has 0 atom stereocenters. The third kappa shape index (κ3) is 2.56. The summed E-state index contributed by atoms with van der Waals surface area (Å²) >= 11 is 1.67. The van der Waals surface area contributed by atoms with Gasteiger partial charge in [0, 0.05) is 10.9 Å². The van der Waals surface area contributed by atoms with Crippen LogP contribution in [0.15, 0.2) is 24.3 Å². The van der Waals surface area contributed by atoms with E-state index in [1.54, 1.807) is 18.4 Å². The lowest BCUT2D eigenvalue weighted by atomic mass is 10.2. The molecule has 0 aliphatic heterocycles. The first-order valence-electron chi connectivity index (χ1n) is 6.64. The molecular weight excluding hydrogens is 284 g/mol. The van der Waals surface area contributed by atoms with Crippen molar-refractivity contribution < 1.29 is 9.47 Å². The van der Waals surface area contributed by atoms with Gasteiger partial charge in [-0.15, -0.1) is 11.3 Å². The minimum Gasteiger partial charge on any atom is -0.497 e. The summed E-state index contributed by atoms with van der Waals surface area (Å²) in [6.07, 6.45) is 0. The Labute approximate surface area is 127 Å². The van der Waals surface area contributed by atoms with Crippen molar-refractivity contribution >= 4 is 21.6 Å². The zero-order valence-corrected chi connectivity index (χ0v) is 13.2. The van der Waals surface area contributed by atoms with Gasteiger partial charge in [0.2, 0.25) is 5.88 Å². The van der Waals surface area contributed by atoms with Gasteiger partial charge in [0.1, 0.15) is 22.2 Å². The second kappa shape index (κ2) is 5.33. The lowest BCUT2D eigenvalue weighted by molar-refractivity contribution is 0.408. The van der Waals surface area contributed by atoms with E-state index in [-0.39, 0.29) is 0 Å². The summed E-state index contributed by atoms with van der Waals surface area (Å²) in [6, 6.07) is 7.51. The minimum atomic E-state index is 0.604. The largest absolute Gasteiger partial charge is 0.497 e. The van der Waals surface area contributed by atoms with Gasteiger partial charge >= 0.3 is 0 Å². The van der Waals surface area contributed by atoms with Gasteiger partial charge in [-0.3, -0.25) is 0 Å². The van der Waals surface area contributed by atoms with Gasteiger partial charge in [-0.25, -0.2) is 4.98 Å². The molecule has 1 aromatic carbocycles. The standard InChI is InChI=1S/C16H16N2O2S/c1-9-10(2)21-16-14(9)15(17-11(3)18-16)20-13-7-5-6-12(8-13)19-4/h5-8H,1-4H3. The number of fused-ring (bicyclic) bond motifs is 1. The first-order chi connectivity index (χ1) is 10.1. The summed E-state index contributed by atoms with van der Waals surface area (Å²) in [5.41, 5.74) is 1.17. The van der Waals surface area contributed by atoms with Crippen molar-refractivity contribution in [3.05, 3.63) is 40.5 Å². The minimum absolute atomic E-state index is 0.604. The Morgan fingerprint density at radius 1 is 1.05 bits per heavy atom. The Bertz CT molecular complexity index is 811. The van der Waals surface area contributed by atoms with E-state index in [1.807, 2.05) is 31.2 Å². The Morgan fingerprint density at radius 2 is 1.81 bits per heavy atom. The SMILES string of the molecule is COc1cccc(Oc2nc(C)nc3sc(C)c(C)c23)c1. The van der Waals surface area contributed by atoms with Crippen LogP contribution in [0.1, 0.15) is 16.3 Å². The Kier molecular flexibility index (Phi) is 3.51. The predicted octanol–water partition coefficient (Wildman–Crippen LogP) is 4.42. The molecule has 0 saturated heterocycles. The molecule has 0 unspecified atom stereocenters. The van der Waals surface area contributed by atoms with E-state index in [4.69, 9.17) is 9.47 Å². The van der Waals surface area contributed by atoms with Crippen LogP contribution < -0.4 is 9.47 Å². The molecule has 4 nitrogen and oxygen atoms in total. The number of methoxy groups -OCH3 is 1. The maximum atomic E-state index is 5.98. The second-order valence-corrected chi connectivity index (χ2v) is 6.02. The summed E-state index contributed by atoms with van der Waals surface area (Å²) in [7, 11) is 1.64. The van der Waals surface area contributed by atoms with E-state index < -0.39 is 0 Å². The molecule has 2 aromatic heterocycles. The summed E-state index contributed by atoms with van der Waals surface area (Å²) in [5, 5.41) is 0.992. The Hall–Kier alpha value is -2.14. The zero-order chi connectivity index (χ0) is 15.0. The number of aryl methyl sites for hydroxylation is 3. The van der Waals surface area contributed by atoms with Crippen LogP contribution in [0.3, 0.4) is 0 Å². The quantitative estimate of drug-likeness (QED) is 0.718. The van der Waals surface area contributed by atoms with E-state index in [2.05, 4.69) is 23.8 Å². The molecule has 0 fully saturated rings. The van der Waals surface area contributed by atoms with Gasteiger partial charge in [0.05, 0.1) is 12.5 Å². The van der Waals surface area contributed by atoms with Gasteiger partial charge in [0.15, 0.2) is 0 Å². The van der Waals surface area contributed by atoms with Crippen LogP contribution in [0, 0.1) is 20.8 Å². The molecular formula is C16H16N2O2S. The van der Waals surface area contributed by atoms with E-state index >= 15 is 0 Å². The smallest absolute Gasteiger partial charge is 0.231 e. The monoisotopic (exact) mass is 300 g/mol. The number of nitrogens with zero attached hydrogens (tertiary/aromatic N) is 2. The molecule has 21 heavy (non-hydrogen) atoms. The fourth-order valence-corrected chi connectivity index (χ4v) is 3.23. The van der Waals surface area contributed by atoms with Crippen LogP contribution >= 0.6 is 11.3 Å². The normalized spacial score (nSPS) is 10.9. The number of hydrogen-bond acceptors (Lipinski definition) is 5. The molecule has 5 heteroatoms. The van der Waals surface area contributed by atoms with E-state index in [0.29, 0.717) is 17.5 Å². The van der Waals surface area contributed by atoms with Crippen molar-refractivity contribution in [2.75, 3.05) is 7.11 Å². The number of hydrogen-bond donors (Lipinski definition) is 0. The highest BCUT2D eigenvalue weighted by molar-refractivity contribution is 7.18. The highest BCUT2D eigenvalue weighted by atomic mass is 32.1. The maximum Gasteiger partial charge on any atom is 0.231 e. The number of benzene rings is 1. The lowest BCUT2D eigenvalue weighted by Gasteiger charge is -2.08. The predicted molar refractivity (Wildman–Crippen MR) is 84.7 cm³/mol. The molecule has 108 valence electrons. The number of thiophene rings is 1. The molecule has 0 spiro atoms. The molecule has 3 aromatic rings. The van der Waals surface area contributed by atoms with Crippen LogP contribution in [-0.4, -0.2) is 17.1 Å². The Balaban J connectivity index is 2.11. The van der Waals surface area contributed by atoms with Crippen LogP contribution in [0.5, 0.6) is 17.4 Å². The van der Waals surface area contributed by atoms with Crippen LogP contribution in [-0.2, 0) is 0 Å². The van der Waals surface area contributed by atoms with Gasteiger partial charge < -0.3 is 9.47 Å². The molecule has 0 aliphatic rings. The van der Waals surface area contributed by atoms with E-state index in [1.165, 1.54) is 10.4 Å². The molecule has 0 amide bonds. The van der Waals surface area contributed by atoms with Crippen molar-refractivity contribution in [3.63, 3.8) is 0 Å². The maximum absolute atomic E-state index is 5.98.